The molecule has 0 fully saturated rings. The molecule has 3 rings (SSSR count). The van der Waals surface area contributed by atoms with E-state index in [1.807, 2.05) is 67.7 Å². The maximum atomic E-state index is 12.6. The molecule has 0 unspecified atom stereocenters. The van der Waals surface area contributed by atoms with Gasteiger partial charge in [-0.3, -0.25) is 0 Å². The molecule has 1 N–H and O–H groups in total. The minimum absolute atomic E-state index is 0.128. The van der Waals surface area contributed by atoms with Gasteiger partial charge in [0.15, 0.2) is 0 Å². The quantitative estimate of drug-likeness (QED) is 0.691. The van der Waals surface area contributed by atoms with Gasteiger partial charge in [-0.15, -0.1) is 0 Å². The molecule has 1 atom stereocenters. The van der Waals surface area contributed by atoms with Crippen LogP contribution < -0.4 is 9.62 Å². The highest BCUT2D eigenvalue weighted by Crippen LogP contribution is 2.25. The van der Waals surface area contributed by atoms with E-state index in [1.165, 1.54) is 0 Å². The fourth-order valence-corrected chi connectivity index (χ4v) is 3.93. The largest absolute Gasteiger partial charge is 0.366 e. The molecule has 0 aliphatic rings. The van der Waals surface area contributed by atoms with Crippen molar-refractivity contribution in [2.24, 2.45) is 0 Å². The van der Waals surface area contributed by atoms with Crippen LogP contribution in [0.1, 0.15) is 11.6 Å². The summed E-state index contributed by atoms with van der Waals surface area (Å²) in [6.07, 6.45) is 0. The van der Waals surface area contributed by atoms with Crippen LogP contribution in [0.2, 0.25) is 0 Å². The van der Waals surface area contributed by atoms with Crippen LogP contribution in [0.3, 0.4) is 0 Å². The monoisotopic (exact) mass is 366 g/mol. The Bertz CT molecular complexity index is 914. The van der Waals surface area contributed by atoms with Gasteiger partial charge in [-0.1, -0.05) is 66.7 Å². The molecule has 0 radical (unpaired) electrons. The lowest BCUT2D eigenvalue weighted by Gasteiger charge is -2.30. The maximum absolute atomic E-state index is 12.6. The van der Waals surface area contributed by atoms with Crippen molar-refractivity contribution in [2.45, 2.75) is 10.9 Å². The average molecular weight is 366 g/mol. The predicted octanol–water partition coefficient (Wildman–Crippen LogP) is 3.84. The van der Waals surface area contributed by atoms with Crippen LogP contribution in [0.25, 0.3) is 0 Å². The normalized spacial score (nSPS) is 12.5. The number of anilines is 1. The first-order valence-corrected chi connectivity index (χ1v) is 9.94. The summed E-state index contributed by atoms with van der Waals surface area (Å²) in [7, 11) is -1.58. The van der Waals surface area contributed by atoms with E-state index in [9.17, 15) is 8.42 Å². The molecule has 0 saturated carbocycles. The minimum atomic E-state index is -3.56. The van der Waals surface area contributed by atoms with Gasteiger partial charge in [-0.2, -0.15) is 0 Å². The van der Waals surface area contributed by atoms with Crippen molar-refractivity contribution in [3.8, 4) is 0 Å². The van der Waals surface area contributed by atoms with Gasteiger partial charge in [-0.05, 0) is 29.8 Å². The van der Waals surface area contributed by atoms with Gasteiger partial charge in [0.25, 0.3) is 0 Å². The summed E-state index contributed by atoms with van der Waals surface area (Å²) in [5, 5.41) is 0. The van der Waals surface area contributed by atoms with E-state index in [4.69, 9.17) is 0 Å². The van der Waals surface area contributed by atoms with Gasteiger partial charge in [0.1, 0.15) is 0 Å². The molecular weight excluding hydrogens is 344 g/mol. The third-order valence-electron chi connectivity index (χ3n) is 4.34. The molecule has 3 aromatic carbocycles. The topological polar surface area (TPSA) is 49.4 Å². The van der Waals surface area contributed by atoms with E-state index in [-0.39, 0.29) is 17.5 Å². The second kappa shape index (κ2) is 8.17. The lowest BCUT2D eigenvalue weighted by Crippen LogP contribution is -2.36. The molecule has 0 amide bonds. The number of benzene rings is 3. The number of para-hydroxylation sites is 1. The fraction of sp³-hybridized carbons (Fsp3) is 0.143. The van der Waals surface area contributed by atoms with E-state index >= 15 is 0 Å². The van der Waals surface area contributed by atoms with Crippen LogP contribution in [0.4, 0.5) is 5.69 Å². The van der Waals surface area contributed by atoms with E-state index in [1.54, 1.807) is 30.3 Å². The summed E-state index contributed by atoms with van der Waals surface area (Å²) in [5.74, 6) is 0. The van der Waals surface area contributed by atoms with Crippen LogP contribution in [0, 0.1) is 0 Å². The van der Waals surface area contributed by atoms with Gasteiger partial charge in [0, 0.05) is 19.3 Å². The Morgan fingerprint density at radius 3 is 1.88 bits per heavy atom. The summed E-state index contributed by atoms with van der Waals surface area (Å²) >= 11 is 0. The van der Waals surface area contributed by atoms with Crippen molar-refractivity contribution >= 4 is 15.7 Å². The number of hydrogen-bond donors (Lipinski definition) is 1. The van der Waals surface area contributed by atoms with Crippen LogP contribution in [0.5, 0.6) is 0 Å². The Morgan fingerprint density at radius 1 is 0.808 bits per heavy atom. The number of hydrogen-bond acceptors (Lipinski definition) is 3. The Morgan fingerprint density at radius 2 is 1.31 bits per heavy atom. The molecule has 0 heterocycles. The maximum Gasteiger partial charge on any atom is 0.240 e. The molecule has 134 valence electrons. The molecule has 0 spiro atoms. The zero-order chi connectivity index (χ0) is 18.4. The summed E-state index contributed by atoms with van der Waals surface area (Å²) in [6, 6.07) is 28.2. The first-order valence-electron chi connectivity index (χ1n) is 8.45. The van der Waals surface area contributed by atoms with Crippen molar-refractivity contribution in [1.29, 1.82) is 0 Å². The highest BCUT2D eigenvalue weighted by Gasteiger charge is 2.21. The Balaban J connectivity index is 1.85. The molecule has 0 aliphatic heterocycles. The molecule has 0 saturated heterocycles. The van der Waals surface area contributed by atoms with Crippen molar-refractivity contribution in [1.82, 2.24) is 4.72 Å². The molecule has 5 heteroatoms. The minimum Gasteiger partial charge on any atom is -0.366 e. The lowest BCUT2D eigenvalue weighted by molar-refractivity contribution is 0.567. The predicted molar refractivity (Wildman–Crippen MR) is 106 cm³/mol. The van der Waals surface area contributed by atoms with E-state index in [0.29, 0.717) is 0 Å². The first kappa shape index (κ1) is 18.2. The molecular formula is C21H22N2O2S. The zero-order valence-corrected chi connectivity index (χ0v) is 15.4. The zero-order valence-electron chi connectivity index (χ0n) is 14.6. The fourth-order valence-electron chi connectivity index (χ4n) is 2.87. The summed E-state index contributed by atoms with van der Waals surface area (Å²) in [4.78, 5) is 2.36. The molecule has 4 nitrogen and oxygen atoms in total. The molecule has 26 heavy (non-hydrogen) atoms. The van der Waals surface area contributed by atoms with Crippen LogP contribution in [-0.2, 0) is 10.0 Å². The standard InChI is InChI=1S/C21H22N2O2S/c1-23(19-13-7-3-8-14-19)21(18-11-5-2-6-12-18)17-22-26(24,25)20-15-9-4-10-16-20/h2-16,21-22H,17H2,1H3/t21-/m1/s1. The summed E-state index contributed by atoms with van der Waals surface area (Å²) < 4.78 is 27.9. The molecule has 0 bridgehead atoms. The Kier molecular flexibility index (Phi) is 5.71. The van der Waals surface area contributed by atoms with Crippen LogP contribution >= 0.6 is 0 Å². The van der Waals surface area contributed by atoms with E-state index < -0.39 is 10.0 Å². The number of nitrogens with one attached hydrogen (secondary N) is 1. The third kappa shape index (κ3) is 4.31. The number of likely N-dealkylation sites (N-methyl/N-ethyl adjacent to an activating group) is 1. The van der Waals surface area contributed by atoms with Crippen LogP contribution in [-0.4, -0.2) is 22.0 Å². The summed E-state index contributed by atoms with van der Waals surface area (Å²) in [6.45, 7) is 0.270. The van der Waals surface area contributed by atoms with Gasteiger partial charge in [0.05, 0.1) is 10.9 Å². The van der Waals surface area contributed by atoms with Gasteiger partial charge >= 0.3 is 0 Å². The van der Waals surface area contributed by atoms with E-state index in [2.05, 4.69) is 9.62 Å². The second-order valence-corrected chi connectivity index (χ2v) is 7.80. The van der Waals surface area contributed by atoms with Crippen molar-refractivity contribution in [3.63, 3.8) is 0 Å². The molecule has 0 aliphatic carbocycles. The van der Waals surface area contributed by atoms with Crippen molar-refractivity contribution < 1.29 is 8.42 Å². The van der Waals surface area contributed by atoms with Crippen molar-refractivity contribution in [2.75, 3.05) is 18.5 Å². The second-order valence-electron chi connectivity index (χ2n) is 6.04. The number of sulfonamides is 1. The first-order chi connectivity index (χ1) is 12.6. The van der Waals surface area contributed by atoms with Gasteiger partial charge in [0.2, 0.25) is 10.0 Å². The van der Waals surface area contributed by atoms with Crippen molar-refractivity contribution in [3.05, 3.63) is 96.6 Å². The van der Waals surface area contributed by atoms with Crippen LogP contribution in [0.15, 0.2) is 95.9 Å². The molecule has 3 aromatic rings. The Labute approximate surface area is 155 Å². The highest BCUT2D eigenvalue weighted by molar-refractivity contribution is 7.89. The average Bonchev–Trinajstić information content (AvgIpc) is 2.70. The SMILES string of the molecule is CN(c1ccccc1)[C@H](CNS(=O)(=O)c1ccccc1)c1ccccc1. The number of nitrogens with zero attached hydrogens (tertiary/aromatic N) is 1. The lowest BCUT2D eigenvalue weighted by atomic mass is 10.1. The van der Waals surface area contributed by atoms with E-state index in [0.717, 1.165) is 11.3 Å². The Hall–Kier alpha value is -2.63. The third-order valence-corrected chi connectivity index (χ3v) is 5.78. The van der Waals surface area contributed by atoms with Gasteiger partial charge < -0.3 is 4.90 Å². The molecule has 0 aromatic heterocycles. The number of rotatable bonds is 7. The highest BCUT2D eigenvalue weighted by atomic mass is 32.2. The van der Waals surface area contributed by atoms with Gasteiger partial charge in [-0.25, -0.2) is 13.1 Å². The summed E-state index contributed by atoms with van der Waals surface area (Å²) in [5.41, 5.74) is 2.08. The smallest absolute Gasteiger partial charge is 0.240 e.